The SMILES string of the molecule is CCO[C](=[W])/C=C(\OC(=O)C1CC1)C1CC1.[C-]#[O+].[C-]#[O+].[C-]#[O+].[C-]#[O+].[C-]#[O+]. The Hall–Kier alpha value is -1.57. The topological polar surface area (TPSA) is 135 Å². The summed E-state index contributed by atoms with van der Waals surface area (Å²) in [5, 5.41) is 0. The second-order valence-corrected chi connectivity index (χ2v) is 5.71. The van der Waals surface area contributed by atoms with Gasteiger partial charge in [-0.3, -0.25) is 0 Å². The molecule has 0 aromatic heterocycles. The van der Waals surface area contributed by atoms with E-state index in [1.165, 1.54) is 19.4 Å². The molecule has 2 aliphatic carbocycles. The van der Waals surface area contributed by atoms with Crippen LogP contribution < -0.4 is 0 Å². The molecule has 8 nitrogen and oxygen atoms in total. The van der Waals surface area contributed by atoms with Gasteiger partial charge in [-0.1, -0.05) is 0 Å². The zero-order valence-electron chi connectivity index (χ0n) is 13.9. The molecule has 0 bridgehead atoms. The number of hydrogen-bond acceptors (Lipinski definition) is 3. The van der Waals surface area contributed by atoms with Gasteiger partial charge in [-0.05, 0) is 0 Å². The fourth-order valence-electron chi connectivity index (χ4n) is 1.42. The third-order valence-electron chi connectivity index (χ3n) is 2.66. The summed E-state index contributed by atoms with van der Waals surface area (Å²) in [6.45, 7) is 25.1. The van der Waals surface area contributed by atoms with Gasteiger partial charge in [-0.2, -0.15) is 0 Å². The average molecular weight is 532 g/mol. The molecule has 0 aromatic carbocycles. The Morgan fingerprint density at radius 2 is 1.31 bits per heavy atom. The van der Waals surface area contributed by atoms with Crippen molar-refractivity contribution >= 4 is 10.1 Å². The summed E-state index contributed by atoms with van der Waals surface area (Å²) in [7, 11) is 0. The zero-order valence-corrected chi connectivity index (χ0v) is 16.9. The molecule has 0 atom stereocenters. The van der Waals surface area contributed by atoms with Crippen LogP contribution in [-0.2, 0) is 56.9 Å². The Morgan fingerprint density at radius 3 is 1.62 bits per heavy atom. The van der Waals surface area contributed by atoms with Gasteiger partial charge in [0.15, 0.2) is 0 Å². The normalized spacial score (nSPS) is 13.1. The van der Waals surface area contributed by atoms with E-state index in [2.05, 4.69) is 33.3 Å². The summed E-state index contributed by atoms with van der Waals surface area (Å²) >= 11 is 1.28. The first-order valence-electron chi connectivity index (χ1n) is 6.82. The average Bonchev–Trinajstić information content (AvgIpc) is 3.61. The predicted molar refractivity (Wildman–Crippen MR) is 75.9 cm³/mol. The monoisotopic (exact) mass is 532 g/mol. The van der Waals surface area contributed by atoms with Gasteiger partial charge in [0.25, 0.3) is 0 Å². The van der Waals surface area contributed by atoms with Gasteiger partial charge in [-0.25, -0.2) is 0 Å². The number of hydrogen-bond donors (Lipinski definition) is 0. The molecular weight excluding hydrogens is 516 g/mol. The van der Waals surface area contributed by atoms with Crippen molar-refractivity contribution in [1.29, 1.82) is 0 Å². The van der Waals surface area contributed by atoms with Gasteiger partial charge >= 0.3 is 163 Å². The molecule has 0 aromatic rings. The van der Waals surface area contributed by atoms with Gasteiger partial charge in [0.05, 0.1) is 0 Å². The molecule has 0 N–H and O–H groups in total. The molecule has 0 spiro atoms. The van der Waals surface area contributed by atoms with E-state index in [1.54, 1.807) is 0 Å². The van der Waals surface area contributed by atoms with Crippen LogP contribution in [0, 0.1) is 45.1 Å². The van der Waals surface area contributed by atoms with Crippen molar-refractivity contribution in [2.45, 2.75) is 32.6 Å². The molecule has 138 valence electrons. The van der Waals surface area contributed by atoms with E-state index in [0.29, 0.717) is 12.5 Å². The second-order valence-electron chi connectivity index (χ2n) is 4.27. The van der Waals surface area contributed by atoms with Crippen molar-refractivity contribution in [2.75, 3.05) is 6.61 Å². The first-order valence-corrected chi connectivity index (χ1v) is 8.29. The molecular formula is C17H16O8W. The number of esters is 1. The number of allylic oxidation sites excluding steroid dienone is 1. The Kier molecular flexibility index (Phi) is 31.7. The first-order chi connectivity index (χ1) is 12.7. The molecule has 2 saturated carbocycles. The second kappa shape index (κ2) is 25.7. The summed E-state index contributed by atoms with van der Waals surface area (Å²) < 4.78 is 49.3. The Morgan fingerprint density at radius 1 is 0.923 bits per heavy atom. The molecule has 2 aliphatic rings. The van der Waals surface area contributed by atoms with Crippen LogP contribution in [0.25, 0.3) is 0 Å². The molecule has 0 unspecified atom stereocenters. The molecule has 9 heteroatoms. The molecule has 0 saturated heterocycles. The fraction of sp³-hybridized carbons (Fsp3) is 0.471. The van der Waals surface area contributed by atoms with E-state index in [1.807, 2.05) is 13.0 Å². The van der Waals surface area contributed by atoms with Crippen LogP contribution in [0.5, 0.6) is 0 Å². The van der Waals surface area contributed by atoms with Crippen molar-refractivity contribution in [3.63, 3.8) is 0 Å². The van der Waals surface area contributed by atoms with E-state index < -0.39 is 0 Å². The van der Waals surface area contributed by atoms with Crippen LogP contribution in [0.3, 0.4) is 0 Å². The number of rotatable bonds is 6. The molecule has 0 aliphatic heterocycles. The van der Waals surface area contributed by atoms with E-state index in [-0.39, 0.29) is 11.9 Å². The Bertz CT molecular complexity index is 484. The van der Waals surface area contributed by atoms with Crippen LogP contribution in [0.15, 0.2) is 11.8 Å². The van der Waals surface area contributed by atoms with Crippen LogP contribution in [0.1, 0.15) is 32.6 Å². The Labute approximate surface area is 163 Å². The van der Waals surface area contributed by atoms with Crippen molar-refractivity contribution in [3.05, 3.63) is 45.1 Å². The molecule has 0 amide bonds. The van der Waals surface area contributed by atoms with E-state index in [4.69, 9.17) is 32.7 Å². The zero-order chi connectivity index (χ0) is 21.5. The van der Waals surface area contributed by atoms with Gasteiger partial charge in [0.1, 0.15) is 0 Å². The molecule has 2 fully saturated rings. The first kappa shape index (κ1) is 32.1. The van der Waals surface area contributed by atoms with Crippen molar-refractivity contribution in [2.24, 2.45) is 11.8 Å². The van der Waals surface area contributed by atoms with Crippen molar-refractivity contribution in [1.82, 2.24) is 0 Å². The van der Waals surface area contributed by atoms with E-state index >= 15 is 0 Å². The van der Waals surface area contributed by atoms with E-state index in [0.717, 1.165) is 35.5 Å². The summed E-state index contributed by atoms with van der Waals surface area (Å²) in [6, 6.07) is 0. The predicted octanol–water partition coefficient (Wildman–Crippen LogP) is 1.76. The van der Waals surface area contributed by atoms with Gasteiger partial charge in [0, 0.05) is 0 Å². The third-order valence-corrected chi connectivity index (χ3v) is 3.50. The van der Waals surface area contributed by atoms with Crippen LogP contribution >= 0.6 is 0 Å². The Balaban J connectivity index is -0.000000210. The summed E-state index contributed by atoms with van der Waals surface area (Å²) in [6.07, 6.45) is 6.18. The molecule has 2 rings (SSSR count). The quantitative estimate of drug-likeness (QED) is 0.223. The number of carbonyl (C=O) groups is 1. The summed E-state index contributed by atoms with van der Waals surface area (Å²) in [5.74, 6) is 1.41. The van der Waals surface area contributed by atoms with Crippen LogP contribution in [0.2, 0.25) is 0 Å². The fourth-order valence-corrected chi connectivity index (χ4v) is 2.26. The third kappa shape index (κ3) is 18.8. The van der Waals surface area contributed by atoms with Crippen molar-refractivity contribution < 1.29 is 56.9 Å². The maximum atomic E-state index is 11.6. The van der Waals surface area contributed by atoms with Crippen LogP contribution in [0.4, 0.5) is 0 Å². The number of ether oxygens (including phenoxy) is 2. The minimum atomic E-state index is -0.0440. The van der Waals surface area contributed by atoms with Gasteiger partial charge in [-0.15, -0.1) is 0 Å². The maximum absolute atomic E-state index is 11.6. The molecule has 26 heavy (non-hydrogen) atoms. The summed E-state index contributed by atoms with van der Waals surface area (Å²) in [5.41, 5.74) is 0. The van der Waals surface area contributed by atoms with E-state index in [9.17, 15) is 4.79 Å². The van der Waals surface area contributed by atoms with Gasteiger partial charge in [0.2, 0.25) is 0 Å². The summed E-state index contributed by atoms with van der Waals surface area (Å²) in [4.78, 5) is 11.6. The van der Waals surface area contributed by atoms with Crippen molar-refractivity contribution in [3.8, 4) is 0 Å². The molecule has 0 heterocycles. The minimum absolute atomic E-state index is 0.0440. The molecule has 0 radical (unpaired) electrons. The number of carbonyl (C=O) groups excluding carboxylic acids is 1. The standard InChI is InChI=1S/C12H16O3.5CO.W/c1-2-14-8-7-11(9-3-4-9)15-12(13)10-5-6-10;5*1-2;/h7,9-10H,2-6H2,1H3;;;;;;/b11-7-;;;;;;. The van der Waals surface area contributed by atoms with Gasteiger partial charge < -0.3 is 0 Å². The van der Waals surface area contributed by atoms with Crippen LogP contribution in [-0.4, -0.2) is 16.7 Å².